The number of benzene rings is 2. The molecule has 1 amide bonds. The number of aryl methyl sites for hydroxylation is 1. The molecule has 2 aromatic carbocycles. The number of hydrogen-bond acceptors (Lipinski definition) is 4. The van der Waals surface area contributed by atoms with Gasteiger partial charge >= 0.3 is 0 Å². The zero-order valence-corrected chi connectivity index (χ0v) is 17.5. The van der Waals surface area contributed by atoms with Gasteiger partial charge in [-0.15, -0.1) is 0 Å². The predicted octanol–water partition coefficient (Wildman–Crippen LogP) is 3.10. The molecular formula is C21H18BrN5O2. The summed E-state index contributed by atoms with van der Waals surface area (Å²) in [6.07, 6.45) is 1.63. The van der Waals surface area contributed by atoms with Crippen LogP contribution in [0.2, 0.25) is 0 Å². The lowest BCUT2D eigenvalue weighted by Crippen LogP contribution is -2.21. The highest BCUT2D eigenvalue weighted by Gasteiger charge is 2.14. The molecule has 2 aromatic heterocycles. The number of fused-ring (bicyclic) bond motifs is 2. The van der Waals surface area contributed by atoms with Gasteiger partial charge in [0.1, 0.15) is 12.4 Å². The summed E-state index contributed by atoms with van der Waals surface area (Å²) >= 11 is 3.39. The smallest absolute Gasteiger partial charge is 0.282 e. The van der Waals surface area contributed by atoms with Crippen LogP contribution < -0.4 is 11.3 Å². The van der Waals surface area contributed by atoms with Crippen molar-refractivity contribution in [2.24, 2.45) is 10.8 Å². The summed E-state index contributed by atoms with van der Waals surface area (Å²) < 4.78 is 3.94. The Morgan fingerprint density at radius 2 is 1.97 bits per heavy atom. The molecule has 0 aliphatic carbocycles. The number of halogens is 1. The zero-order valence-electron chi connectivity index (χ0n) is 15.9. The van der Waals surface area contributed by atoms with E-state index in [1.54, 1.807) is 25.3 Å². The largest absolute Gasteiger partial charge is 0.368 e. The topological polar surface area (TPSA) is 95.3 Å². The Hall–Kier alpha value is -3.26. The first-order chi connectivity index (χ1) is 13.9. The van der Waals surface area contributed by atoms with Gasteiger partial charge in [0.2, 0.25) is 5.91 Å². The normalized spacial score (nSPS) is 11.7. The molecule has 0 aliphatic rings. The molecule has 4 rings (SSSR count). The average Bonchev–Trinajstić information content (AvgIpc) is 2.94. The second-order valence-corrected chi connectivity index (χ2v) is 7.67. The van der Waals surface area contributed by atoms with E-state index in [4.69, 9.17) is 5.73 Å². The fourth-order valence-electron chi connectivity index (χ4n) is 3.49. The third-order valence-corrected chi connectivity index (χ3v) is 5.36. The van der Waals surface area contributed by atoms with E-state index in [1.807, 2.05) is 41.8 Å². The van der Waals surface area contributed by atoms with Crippen molar-refractivity contribution in [3.05, 3.63) is 74.4 Å². The molecule has 0 atom stereocenters. The van der Waals surface area contributed by atoms with Crippen LogP contribution in [0.3, 0.4) is 0 Å². The maximum Gasteiger partial charge on any atom is 0.282 e. The lowest BCUT2D eigenvalue weighted by Gasteiger charge is -2.06. The van der Waals surface area contributed by atoms with Crippen LogP contribution in [-0.2, 0) is 11.3 Å². The average molecular weight is 452 g/mol. The first-order valence-corrected chi connectivity index (χ1v) is 9.75. The highest BCUT2D eigenvalue weighted by Crippen LogP contribution is 2.24. The number of rotatable bonds is 4. The Balaban J connectivity index is 1.89. The highest BCUT2D eigenvalue weighted by atomic mass is 79.9. The van der Waals surface area contributed by atoms with Crippen molar-refractivity contribution in [2.75, 3.05) is 0 Å². The molecule has 146 valence electrons. The fourth-order valence-corrected chi connectivity index (χ4v) is 3.85. The van der Waals surface area contributed by atoms with E-state index in [2.05, 4.69) is 26.0 Å². The van der Waals surface area contributed by atoms with Crippen molar-refractivity contribution < 1.29 is 4.79 Å². The standard InChI is InChI=1S/C21H18BrN5O2/c1-12-17(15-5-3-4-6-19(15)26(12)11-20(23)28)10-24-27-13(2)25-18-8-7-14(22)9-16(18)21(27)29/h3-10H,11H2,1-2H3,(H2,23,28). The third kappa shape index (κ3) is 3.36. The molecule has 0 fully saturated rings. The minimum absolute atomic E-state index is 0.0741. The van der Waals surface area contributed by atoms with Crippen LogP contribution in [0.5, 0.6) is 0 Å². The molecule has 8 heteroatoms. The molecule has 2 N–H and O–H groups in total. The number of hydrogen-bond donors (Lipinski definition) is 1. The monoisotopic (exact) mass is 451 g/mol. The molecule has 0 saturated heterocycles. The van der Waals surface area contributed by atoms with Gasteiger partial charge in [-0.3, -0.25) is 9.59 Å². The first-order valence-electron chi connectivity index (χ1n) is 8.96. The van der Waals surface area contributed by atoms with E-state index in [0.29, 0.717) is 16.7 Å². The Morgan fingerprint density at radius 1 is 1.21 bits per heavy atom. The van der Waals surface area contributed by atoms with Crippen LogP contribution >= 0.6 is 15.9 Å². The van der Waals surface area contributed by atoms with Gasteiger partial charge in [0.15, 0.2) is 0 Å². The number of nitrogens with two attached hydrogens (primary N) is 1. The van der Waals surface area contributed by atoms with Gasteiger partial charge in [0.05, 0.1) is 17.1 Å². The maximum absolute atomic E-state index is 12.9. The number of nitrogens with zero attached hydrogens (tertiary/aromatic N) is 4. The number of carbonyl (C=O) groups excluding carboxylic acids is 1. The number of aromatic nitrogens is 3. The molecule has 0 radical (unpaired) electrons. The van der Waals surface area contributed by atoms with E-state index in [-0.39, 0.29) is 12.1 Å². The fraction of sp³-hybridized carbons (Fsp3) is 0.143. The highest BCUT2D eigenvalue weighted by molar-refractivity contribution is 9.10. The third-order valence-electron chi connectivity index (χ3n) is 4.87. The number of primary amides is 1. The van der Waals surface area contributed by atoms with E-state index in [0.717, 1.165) is 26.6 Å². The van der Waals surface area contributed by atoms with Gasteiger partial charge in [-0.05, 0) is 38.1 Å². The van der Waals surface area contributed by atoms with Crippen molar-refractivity contribution >= 4 is 49.9 Å². The van der Waals surface area contributed by atoms with Crippen molar-refractivity contribution in [1.29, 1.82) is 0 Å². The summed E-state index contributed by atoms with van der Waals surface area (Å²) in [5.41, 5.74) is 8.34. The molecule has 4 aromatic rings. The number of carbonyl (C=O) groups is 1. The van der Waals surface area contributed by atoms with Crippen LogP contribution in [-0.4, -0.2) is 26.3 Å². The first kappa shape index (κ1) is 19.1. The summed E-state index contributed by atoms with van der Waals surface area (Å²) in [5.74, 6) is 0.0633. The Labute approximate surface area is 174 Å². The van der Waals surface area contributed by atoms with E-state index in [1.165, 1.54) is 4.68 Å². The summed E-state index contributed by atoms with van der Waals surface area (Å²) in [6, 6.07) is 13.1. The van der Waals surface area contributed by atoms with Gasteiger partial charge in [-0.2, -0.15) is 9.78 Å². The van der Waals surface area contributed by atoms with E-state index >= 15 is 0 Å². The second kappa shape index (κ2) is 7.29. The quantitative estimate of drug-likeness (QED) is 0.482. The van der Waals surface area contributed by atoms with E-state index < -0.39 is 5.91 Å². The van der Waals surface area contributed by atoms with Crippen LogP contribution in [0.4, 0.5) is 0 Å². The van der Waals surface area contributed by atoms with Crippen molar-refractivity contribution in [2.45, 2.75) is 20.4 Å². The number of amides is 1. The summed E-state index contributed by atoms with van der Waals surface area (Å²) in [4.78, 5) is 28.9. The van der Waals surface area contributed by atoms with Gasteiger partial charge in [-0.25, -0.2) is 4.98 Å². The molecule has 0 bridgehead atoms. The van der Waals surface area contributed by atoms with Crippen LogP contribution in [0.15, 0.2) is 56.8 Å². The van der Waals surface area contributed by atoms with E-state index in [9.17, 15) is 9.59 Å². The Bertz CT molecular complexity index is 1370. The van der Waals surface area contributed by atoms with Crippen LogP contribution in [0, 0.1) is 13.8 Å². The minimum atomic E-state index is -0.422. The van der Waals surface area contributed by atoms with Gasteiger partial charge in [-0.1, -0.05) is 34.1 Å². The molecule has 29 heavy (non-hydrogen) atoms. The summed E-state index contributed by atoms with van der Waals surface area (Å²) in [7, 11) is 0. The molecule has 2 heterocycles. The van der Waals surface area contributed by atoms with Gasteiger partial charge in [0.25, 0.3) is 5.56 Å². The zero-order chi connectivity index (χ0) is 20.7. The van der Waals surface area contributed by atoms with Crippen LogP contribution in [0.25, 0.3) is 21.8 Å². The van der Waals surface area contributed by atoms with Crippen molar-refractivity contribution in [1.82, 2.24) is 14.2 Å². The molecule has 0 aliphatic heterocycles. The molecule has 0 saturated carbocycles. The molecular weight excluding hydrogens is 434 g/mol. The maximum atomic E-state index is 12.9. The molecule has 0 spiro atoms. The Kier molecular flexibility index (Phi) is 4.79. The van der Waals surface area contributed by atoms with Crippen molar-refractivity contribution in [3.8, 4) is 0 Å². The predicted molar refractivity (Wildman–Crippen MR) is 117 cm³/mol. The lowest BCUT2D eigenvalue weighted by atomic mass is 10.1. The molecule has 7 nitrogen and oxygen atoms in total. The number of para-hydroxylation sites is 1. The van der Waals surface area contributed by atoms with Crippen LogP contribution in [0.1, 0.15) is 17.1 Å². The van der Waals surface area contributed by atoms with Crippen molar-refractivity contribution in [3.63, 3.8) is 0 Å². The van der Waals surface area contributed by atoms with Gasteiger partial charge in [0, 0.05) is 26.6 Å². The SMILES string of the molecule is Cc1nc2ccc(Br)cc2c(=O)n1N=Cc1c(C)n(CC(N)=O)c2ccccc12. The minimum Gasteiger partial charge on any atom is -0.368 e. The summed E-state index contributed by atoms with van der Waals surface area (Å²) in [5, 5.41) is 5.84. The van der Waals surface area contributed by atoms with Gasteiger partial charge < -0.3 is 10.3 Å². The summed E-state index contributed by atoms with van der Waals surface area (Å²) in [6.45, 7) is 3.71. The second-order valence-electron chi connectivity index (χ2n) is 6.75. The molecule has 0 unspecified atom stereocenters. The Morgan fingerprint density at radius 3 is 2.72 bits per heavy atom. The lowest BCUT2D eigenvalue weighted by molar-refractivity contribution is -0.118.